The lowest BCUT2D eigenvalue weighted by molar-refractivity contribution is -0.150. The van der Waals surface area contributed by atoms with E-state index in [1.165, 1.54) is 6.20 Å². The molecule has 0 spiro atoms. The summed E-state index contributed by atoms with van der Waals surface area (Å²) in [6.45, 7) is 6.17. The second-order valence-electron chi connectivity index (χ2n) is 9.97. The Morgan fingerprint density at radius 3 is 2.80 bits per heavy atom. The quantitative estimate of drug-likeness (QED) is 0.565. The van der Waals surface area contributed by atoms with E-state index in [0.29, 0.717) is 39.1 Å². The molecule has 8 nitrogen and oxygen atoms in total. The first-order valence-corrected chi connectivity index (χ1v) is 12.3. The first kappa shape index (κ1) is 24.0. The lowest BCUT2D eigenvalue weighted by Crippen LogP contribution is -2.60. The van der Waals surface area contributed by atoms with Crippen molar-refractivity contribution in [2.24, 2.45) is 0 Å². The van der Waals surface area contributed by atoms with Gasteiger partial charge in [-0.15, -0.1) is 0 Å². The van der Waals surface area contributed by atoms with Gasteiger partial charge in [0.05, 0.1) is 47.9 Å². The number of amides is 2. The number of likely N-dealkylation sites (tertiary alicyclic amines) is 1. The Bertz CT molecular complexity index is 1290. The maximum Gasteiger partial charge on any atom is 0.244 e. The molecule has 2 saturated heterocycles. The minimum Gasteiger partial charge on any atom is -0.372 e. The topological polar surface area (TPSA) is 90.6 Å². The number of nitrogens with one attached hydrogen (secondary N) is 2. The Balaban J connectivity index is 1.42. The normalized spacial score (nSPS) is 20.9. The summed E-state index contributed by atoms with van der Waals surface area (Å²) in [6.07, 6.45) is 5.84. The van der Waals surface area contributed by atoms with Crippen molar-refractivity contribution in [3.05, 3.63) is 35.4 Å². The number of rotatable bonds is 4. The lowest BCUT2D eigenvalue weighted by Gasteiger charge is -2.43. The monoisotopic (exact) mass is 501 g/mol. The number of H-pyrrole nitrogens is 1. The van der Waals surface area contributed by atoms with Crippen LogP contribution >= 0.6 is 11.6 Å². The molecule has 2 aliphatic heterocycles. The van der Waals surface area contributed by atoms with Crippen LogP contribution in [0.1, 0.15) is 33.1 Å². The molecule has 0 unspecified atom stereocenters. The average molecular weight is 502 g/mol. The molecule has 4 heterocycles. The van der Waals surface area contributed by atoms with E-state index in [1.54, 1.807) is 12.1 Å². The van der Waals surface area contributed by atoms with Crippen LogP contribution in [0.3, 0.4) is 0 Å². The van der Waals surface area contributed by atoms with Gasteiger partial charge in [0.25, 0.3) is 0 Å². The number of hydrogen-bond donors (Lipinski definition) is 2. The number of hydrogen-bond acceptors (Lipinski definition) is 5. The van der Waals surface area contributed by atoms with Crippen LogP contribution in [0.5, 0.6) is 0 Å². The van der Waals surface area contributed by atoms with Crippen molar-refractivity contribution in [2.45, 2.75) is 44.8 Å². The fourth-order valence-corrected chi connectivity index (χ4v) is 5.29. The number of benzene rings is 1. The van der Waals surface area contributed by atoms with Crippen LogP contribution in [-0.4, -0.2) is 76.0 Å². The summed E-state index contributed by atoms with van der Waals surface area (Å²) in [5.74, 6) is -0.754. The Morgan fingerprint density at radius 1 is 1.26 bits per heavy atom. The molecule has 1 aromatic carbocycles. The Hall–Kier alpha value is -2.75. The highest BCUT2D eigenvalue weighted by Gasteiger charge is 2.39. The molecule has 186 valence electrons. The van der Waals surface area contributed by atoms with Crippen molar-refractivity contribution in [3.63, 3.8) is 0 Å². The number of pyridine rings is 1. The van der Waals surface area contributed by atoms with Gasteiger partial charge in [-0.2, -0.15) is 0 Å². The summed E-state index contributed by atoms with van der Waals surface area (Å²) >= 11 is 6.34. The zero-order valence-corrected chi connectivity index (χ0v) is 20.6. The van der Waals surface area contributed by atoms with Crippen molar-refractivity contribution in [1.29, 1.82) is 0 Å². The molecule has 2 amide bonds. The lowest BCUT2D eigenvalue weighted by atomic mass is 10.0. The molecule has 35 heavy (non-hydrogen) atoms. The molecule has 0 radical (unpaired) electrons. The van der Waals surface area contributed by atoms with Crippen molar-refractivity contribution in [2.75, 3.05) is 38.1 Å². The van der Waals surface area contributed by atoms with Gasteiger partial charge >= 0.3 is 0 Å². The van der Waals surface area contributed by atoms with Gasteiger partial charge in [0.1, 0.15) is 6.04 Å². The second-order valence-corrected chi connectivity index (χ2v) is 10.4. The zero-order chi connectivity index (χ0) is 24.7. The number of carbonyl (C=O) groups excluding carboxylic acids is 2. The van der Waals surface area contributed by atoms with Gasteiger partial charge in [0, 0.05) is 35.4 Å². The summed E-state index contributed by atoms with van der Waals surface area (Å²) < 4.78 is 20.4. The van der Waals surface area contributed by atoms with E-state index in [0.717, 1.165) is 38.5 Å². The average Bonchev–Trinajstić information content (AvgIpc) is 3.19. The van der Waals surface area contributed by atoms with E-state index < -0.39 is 17.5 Å². The molecule has 0 aliphatic carbocycles. The van der Waals surface area contributed by atoms with Gasteiger partial charge in [-0.05, 0) is 45.2 Å². The van der Waals surface area contributed by atoms with Crippen LogP contribution in [0.4, 0.5) is 10.1 Å². The smallest absolute Gasteiger partial charge is 0.244 e. The van der Waals surface area contributed by atoms with Crippen molar-refractivity contribution in [1.82, 2.24) is 19.8 Å². The zero-order valence-electron chi connectivity index (χ0n) is 19.9. The van der Waals surface area contributed by atoms with E-state index in [2.05, 4.69) is 15.3 Å². The van der Waals surface area contributed by atoms with E-state index in [9.17, 15) is 14.0 Å². The predicted molar refractivity (Wildman–Crippen MR) is 133 cm³/mol. The van der Waals surface area contributed by atoms with E-state index in [-0.39, 0.29) is 25.0 Å². The molecule has 2 aliphatic rings. The third-order valence-corrected chi connectivity index (χ3v) is 7.01. The fraction of sp³-hybridized carbons (Fsp3) is 0.480. The van der Waals surface area contributed by atoms with Gasteiger partial charge in [0.2, 0.25) is 11.8 Å². The SMILES string of the molecule is CC1(C)CN(CC(=O)N2CCCCC2)[C@H](C(=O)Nc2cc(Cl)cc3c2[nH]c2cncc(F)c23)CO1. The summed E-state index contributed by atoms with van der Waals surface area (Å²) in [6, 6.07) is 2.62. The predicted octanol–water partition coefficient (Wildman–Crippen LogP) is 3.94. The molecular formula is C25H29ClFN5O3. The van der Waals surface area contributed by atoms with Crippen molar-refractivity contribution < 1.29 is 18.7 Å². The highest BCUT2D eigenvalue weighted by Crippen LogP contribution is 2.35. The van der Waals surface area contributed by atoms with Crippen LogP contribution in [0.15, 0.2) is 24.5 Å². The third-order valence-electron chi connectivity index (χ3n) is 6.80. The molecular weight excluding hydrogens is 473 g/mol. The molecule has 1 atom stereocenters. The molecule has 10 heteroatoms. The van der Waals surface area contributed by atoms with Gasteiger partial charge in [-0.25, -0.2) is 4.39 Å². The standard InChI is InChI=1S/C25H29ClFN5O3/c1-25(2)14-32(12-21(33)31-6-4-3-5-7-31)20(13-35-25)24(34)30-18-9-15(26)8-16-22-17(27)10-28-11-19(22)29-23(16)18/h8-11,20,29H,3-7,12-14H2,1-2H3,(H,30,34)/t20-/m0/s1. The summed E-state index contributed by atoms with van der Waals surface area (Å²) in [5.41, 5.74) is 1.01. The number of nitrogens with zero attached hydrogens (tertiary/aromatic N) is 3. The maximum absolute atomic E-state index is 14.5. The number of fused-ring (bicyclic) bond motifs is 3. The molecule has 0 saturated carbocycles. The number of ether oxygens (including phenoxy) is 1. The number of anilines is 1. The minimum atomic E-state index is -0.659. The van der Waals surface area contributed by atoms with Crippen molar-refractivity contribution >= 4 is 50.9 Å². The van der Waals surface area contributed by atoms with E-state index in [4.69, 9.17) is 16.3 Å². The number of piperidine rings is 1. The Morgan fingerprint density at radius 2 is 2.03 bits per heavy atom. The van der Waals surface area contributed by atoms with Crippen molar-refractivity contribution in [3.8, 4) is 0 Å². The molecule has 2 fully saturated rings. The molecule has 5 rings (SSSR count). The summed E-state index contributed by atoms with van der Waals surface area (Å²) in [7, 11) is 0. The van der Waals surface area contributed by atoms with Gasteiger partial charge in [-0.3, -0.25) is 19.5 Å². The highest BCUT2D eigenvalue weighted by molar-refractivity contribution is 6.33. The highest BCUT2D eigenvalue weighted by atomic mass is 35.5. The van der Waals surface area contributed by atoms with Gasteiger partial charge in [0.15, 0.2) is 5.82 Å². The van der Waals surface area contributed by atoms with Crippen LogP contribution < -0.4 is 5.32 Å². The Labute approximate surface area is 207 Å². The van der Waals surface area contributed by atoms with Gasteiger partial charge in [-0.1, -0.05) is 11.6 Å². The number of aromatic amines is 1. The molecule has 2 aromatic heterocycles. The van der Waals surface area contributed by atoms with E-state index in [1.807, 2.05) is 23.6 Å². The number of morpholine rings is 1. The maximum atomic E-state index is 14.5. The molecule has 2 N–H and O–H groups in total. The number of carbonyl (C=O) groups is 2. The summed E-state index contributed by atoms with van der Waals surface area (Å²) in [5, 5.41) is 4.23. The van der Waals surface area contributed by atoms with Crippen LogP contribution in [0.2, 0.25) is 5.02 Å². The third kappa shape index (κ3) is 4.85. The minimum absolute atomic E-state index is 0.0314. The van der Waals surface area contributed by atoms with Gasteiger partial charge < -0.3 is 19.9 Å². The summed E-state index contributed by atoms with van der Waals surface area (Å²) in [4.78, 5) is 37.3. The van der Waals surface area contributed by atoms with Crippen LogP contribution in [-0.2, 0) is 14.3 Å². The Kier molecular flexibility index (Phi) is 6.41. The molecule has 0 bridgehead atoms. The fourth-order valence-electron chi connectivity index (χ4n) is 5.07. The first-order valence-electron chi connectivity index (χ1n) is 11.9. The largest absolute Gasteiger partial charge is 0.372 e. The van der Waals surface area contributed by atoms with E-state index >= 15 is 0 Å². The number of aromatic nitrogens is 2. The van der Waals surface area contributed by atoms with Crippen LogP contribution in [0, 0.1) is 5.82 Å². The molecule has 3 aromatic rings. The van der Waals surface area contributed by atoms with Crippen LogP contribution in [0.25, 0.3) is 21.8 Å². The second kappa shape index (κ2) is 9.37. The first-order chi connectivity index (χ1) is 16.7. The number of halogens is 2.